The van der Waals surface area contributed by atoms with E-state index in [-0.39, 0.29) is 18.6 Å². The number of methoxy groups -OCH3 is 1. The molecule has 1 aromatic heterocycles. The summed E-state index contributed by atoms with van der Waals surface area (Å²) in [5.41, 5.74) is 0.806. The van der Waals surface area contributed by atoms with Crippen molar-refractivity contribution in [1.29, 1.82) is 0 Å². The van der Waals surface area contributed by atoms with Crippen LogP contribution in [0.25, 0.3) is 0 Å². The Morgan fingerprint density at radius 1 is 1.10 bits per heavy atom. The minimum atomic E-state index is -0.00898. The van der Waals surface area contributed by atoms with E-state index in [4.69, 9.17) is 14.6 Å². The van der Waals surface area contributed by atoms with Crippen molar-refractivity contribution >= 4 is 5.95 Å². The number of ether oxygens (including phenoxy) is 2. The lowest BCUT2D eigenvalue weighted by Crippen LogP contribution is -2.07. The molecule has 0 atom stereocenters. The summed E-state index contributed by atoms with van der Waals surface area (Å²) in [7, 11) is 1.48. The van der Waals surface area contributed by atoms with Crippen molar-refractivity contribution in [2.24, 2.45) is 0 Å². The topological polar surface area (TPSA) is 89.4 Å². The highest BCUT2D eigenvalue weighted by Crippen LogP contribution is 2.21. The van der Waals surface area contributed by atoms with Gasteiger partial charge in [-0.25, -0.2) is 0 Å². The Labute approximate surface area is 123 Å². The lowest BCUT2D eigenvalue weighted by molar-refractivity contribution is 0.281. The van der Waals surface area contributed by atoms with Gasteiger partial charge in [0, 0.05) is 6.54 Å². The molecular formula is C14H18N4O3. The first-order valence-corrected chi connectivity index (χ1v) is 6.66. The van der Waals surface area contributed by atoms with E-state index in [1.54, 1.807) is 24.3 Å². The lowest BCUT2D eigenvalue weighted by atomic mass is 10.2. The Balaban J connectivity index is 2.16. The number of nitrogens with zero attached hydrogens (tertiary/aromatic N) is 3. The van der Waals surface area contributed by atoms with Gasteiger partial charge in [-0.2, -0.15) is 9.97 Å². The van der Waals surface area contributed by atoms with Crippen LogP contribution in [0.5, 0.6) is 17.8 Å². The van der Waals surface area contributed by atoms with Gasteiger partial charge in [0.05, 0.1) is 13.7 Å². The highest BCUT2D eigenvalue weighted by Gasteiger charge is 2.08. The molecule has 0 saturated heterocycles. The second-order valence-corrected chi connectivity index (χ2v) is 4.26. The van der Waals surface area contributed by atoms with Gasteiger partial charge in [-0.3, -0.25) is 0 Å². The first kappa shape index (κ1) is 15.0. The summed E-state index contributed by atoms with van der Waals surface area (Å²) in [5.74, 6) is 0.979. The number of hydrogen-bond acceptors (Lipinski definition) is 7. The fraction of sp³-hybridized carbons (Fsp3) is 0.357. The minimum Gasteiger partial charge on any atom is -0.467 e. The highest BCUT2D eigenvalue weighted by molar-refractivity contribution is 5.32. The van der Waals surface area contributed by atoms with Crippen LogP contribution in [0, 0.1) is 0 Å². The van der Waals surface area contributed by atoms with E-state index >= 15 is 0 Å². The van der Waals surface area contributed by atoms with Gasteiger partial charge in [-0.15, -0.1) is 4.98 Å². The van der Waals surface area contributed by atoms with E-state index in [2.05, 4.69) is 20.3 Å². The van der Waals surface area contributed by atoms with Gasteiger partial charge >= 0.3 is 12.0 Å². The van der Waals surface area contributed by atoms with Crippen molar-refractivity contribution in [3.63, 3.8) is 0 Å². The maximum Gasteiger partial charge on any atom is 0.330 e. The van der Waals surface area contributed by atoms with Crippen molar-refractivity contribution in [3.8, 4) is 17.8 Å². The Morgan fingerprint density at radius 2 is 1.81 bits per heavy atom. The third kappa shape index (κ3) is 4.28. The molecule has 1 aromatic carbocycles. The fourth-order valence-corrected chi connectivity index (χ4v) is 1.56. The van der Waals surface area contributed by atoms with Crippen LogP contribution in [-0.4, -0.2) is 33.7 Å². The summed E-state index contributed by atoms with van der Waals surface area (Å²) in [6.45, 7) is 2.79. The van der Waals surface area contributed by atoms with Gasteiger partial charge < -0.3 is 19.9 Å². The quantitative estimate of drug-likeness (QED) is 0.806. The zero-order valence-electron chi connectivity index (χ0n) is 12.0. The van der Waals surface area contributed by atoms with Crippen LogP contribution >= 0.6 is 0 Å². The van der Waals surface area contributed by atoms with E-state index in [9.17, 15) is 0 Å². The monoisotopic (exact) mass is 290 g/mol. The van der Waals surface area contributed by atoms with E-state index < -0.39 is 0 Å². The third-order valence-electron chi connectivity index (χ3n) is 2.63. The number of rotatable bonds is 7. The Kier molecular flexibility index (Phi) is 5.28. The van der Waals surface area contributed by atoms with Crippen molar-refractivity contribution in [2.75, 3.05) is 19.0 Å². The van der Waals surface area contributed by atoms with Crippen molar-refractivity contribution < 1.29 is 14.6 Å². The number of hydrogen-bond donors (Lipinski definition) is 2. The molecule has 2 aromatic rings. The second kappa shape index (κ2) is 7.39. The first-order chi connectivity index (χ1) is 10.2. The molecule has 21 heavy (non-hydrogen) atoms. The lowest BCUT2D eigenvalue weighted by Gasteiger charge is -2.08. The largest absolute Gasteiger partial charge is 0.467 e. The van der Waals surface area contributed by atoms with Gasteiger partial charge in [0.15, 0.2) is 0 Å². The molecule has 0 aliphatic heterocycles. The van der Waals surface area contributed by atoms with Crippen LogP contribution in [0.2, 0.25) is 0 Å². The molecule has 0 spiro atoms. The molecule has 0 bridgehead atoms. The summed E-state index contributed by atoms with van der Waals surface area (Å²) in [6, 6.07) is 7.35. The zero-order chi connectivity index (χ0) is 15.1. The highest BCUT2D eigenvalue weighted by atomic mass is 16.5. The van der Waals surface area contributed by atoms with Crippen LogP contribution in [0.4, 0.5) is 5.95 Å². The first-order valence-electron chi connectivity index (χ1n) is 6.66. The summed E-state index contributed by atoms with van der Waals surface area (Å²) < 4.78 is 10.6. The molecule has 0 radical (unpaired) electrons. The number of aliphatic hydroxyl groups excluding tert-OH is 1. The molecule has 2 rings (SSSR count). The minimum absolute atomic E-state index is 0.00898. The molecule has 0 saturated carbocycles. The zero-order valence-corrected chi connectivity index (χ0v) is 12.0. The number of aromatic nitrogens is 3. The fourth-order valence-electron chi connectivity index (χ4n) is 1.56. The van der Waals surface area contributed by atoms with Crippen LogP contribution in [0.15, 0.2) is 24.3 Å². The molecule has 0 aliphatic rings. The van der Waals surface area contributed by atoms with Crippen molar-refractivity contribution in [3.05, 3.63) is 29.8 Å². The predicted octanol–water partition coefficient (Wildman–Crippen LogP) is 1.99. The van der Waals surface area contributed by atoms with Gasteiger partial charge in [-0.05, 0) is 24.1 Å². The molecule has 7 heteroatoms. The van der Waals surface area contributed by atoms with E-state index in [0.29, 0.717) is 11.7 Å². The maximum atomic E-state index is 9.01. The third-order valence-corrected chi connectivity index (χ3v) is 2.63. The van der Waals surface area contributed by atoms with Crippen LogP contribution < -0.4 is 14.8 Å². The summed E-state index contributed by atoms with van der Waals surface area (Å²) in [6.07, 6.45) is 0.951. The average Bonchev–Trinajstić information content (AvgIpc) is 2.53. The van der Waals surface area contributed by atoms with Crippen LogP contribution in [0.1, 0.15) is 18.9 Å². The summed E-state index contributed by atoms with van der Waals surface area (Å²) in [5, 5.41) is 12.1. The molecule has 0 unspecified atom stereocenters. The van der Waals surface area contributed by atoms with Gasteiger partial charge in [-0.1, -0.05) is 19.1 Å². The molecule has 0 amide bonds. The molecule has 0 fully saturated rings. The Morgan fingerprint density at radius 3 is 2.43 bits per heavy atom. The van der Waals surface area contributed by atoms with Gasteiger partial charge in [0.2, 0.25) is 5.95 Å². The van der Waals surface area contributed by atoms with Crippen LogP contribution in [-0.2, 0) is 6.61 Å². The normalized spacial score (nSPS) is 10.2. The van der Waals surface area contributed by atoms with E-state index in [1.165, 1.54) is 7.11 Å². The molecule has 1 heterocycles. The molecule has 2 N–H and O–H groups in total. The van der Waals surface area contributed by atoms with Crippen LogP contribution in [0.3, 0.4) is 0 Å². The van der Waals surface area contributed by atoms with E-state index in [1.807, 2.05) is 6.92 Å². The Bertz CT molecular complexity index is 575. The second-order valence-electron chi connectivity index (χ2n) is 4.26. The van der Waals surface area contributed by atoms with Gasteiger partial charge in [0.25, 0.3) is 0 Å². The number of anilines is 1. The van der Waals surface area contributed by atoms with Gasteiger partial charge in [0.1, 0.15) is 5.75 Å². The standard InChI is InChI=1S/C14H18N4O3/c1-3-8-15-12-16-13(20-2)18-14(17-12)21-11-6-4-10(9-19)5-7-11/h4-7,19H,3,8-9H2,1-2H3,(H,15,16,17,18). The Hall–Kier alpha value is -2.41. The maximum absolute atomic E-state index is 9.01. The number of nitrogens with one attached hydrogen (secondary N) is 1. The molecule has 112 valence electrons. The summed E-state index contributed by atoms with van der Waals surface area (Å²) >= 11 is 0. The van der Waals surface area contributed by atoms with Crippen molar-refractivity contribution in [2.45, 2.75) is 20.0 Å². The molecule has 7 nitrogen and oxygen atoms in total. The van der Waals surface area contributed by atoms with Crippen molar-refractivity contribution in [1.82, 2.24) is 15.0 Å². The predicted molar refractivity (Wildman–Crippen MR) is 77.6 cm³/mol. The average molecular weight is 290 g/mol. The number of benzene rings is 1. The molecular weight excluding hydrogens is 272 g/mol. The number of aliphatic hydroxyl groups is 1. The van der Waals surface area contributed by atoms with E-state index in [0.717, 1.165) is 18.5 Å². The smallest absolute Gasteiger partial charge is 0.330 e. The summed E-state index contributed by atoms with van der Waals surface area (Å²) in [4.78, 5) is 12.3. The SMILES string of the molecule is CCCNc1nc(OC)nc(Oc2ccc(CO)cc2)n1. The molecule has 0 aliphatic carbocycles.